The van der Waals surface area contributed by atoms with Crippen LogP contribution in [0.2, 0.25) is 4.44 Å². The van der Waals surface area contributed by atoms with E-state index in [1.807, 2.05) is 0 Å². The second-order valence-electron chi connectivity index (χ2n) is 13.1. The van der Waals surface area contributed by atoms with E-state index in [2.05, 4.69) is 20.8 Å². The van der Waals surface area contributed by atoms with Crippen molar-refractivity contribution in [2.45, 2.75) is 244 Å². The first-order valence-corrected chi connectivity index (χ1v) is 23.2. The van der Waals surface area contributed by atoms with Gasteiger partial charge in [-0.05, 0) is 0 Å². The van der Waals surface area contributed by atoms with Gasteiger partial charge in [0.15, 0.2) is 0 Å². The molecule has 0 unspecified atom stereocenters. The van der Waals surface area contributed by atoms with Gasteiger partial charge in [-0.25, -0.2) is 0 Å². The van der Waals surface area contributed by atoms with Gasteiger partial charge >= 0.3 is 46.7 Å². The van der Waals surface area contributed by atoms with Crippen molar-refractivity contribution < 1.29 is 0 Å². The average molecular weight is 747 g/mol. The van der Waals surface area contributed by atoms with E-state index < -0.39 is 0 Å². The van der Waals surface area contributed by atoms with Gasteiger partial charge in [-0.15, -0.1) is 0 Å². The summed E-state index contributed by atoms with van der Waals surface area (Å²) >= 11 is 11.6. The Morgan fingerprint density at radius 1 is 0.256 bits per heavy atom. The number of hydrogen-bond donors (Lipinski definition) is 0. The Balaban J connectivity index is -0.000000642. The predicted octanol–water partition coefficient (Wildman–Crippen LogP) is 15.0. The maximum atomic E-state index is 4.95. The van der Waals surface area contributed by atoms with Crippen LogP contribution in [0.15, 0.2) is 0 Å². The first-order valence-electron chi connectivity index (χ1n) is 20.1. The van der Waals surface area contributed by atoms with Crippen LogP contribution in [-0.4, -0.2) is 34.0 Å². The second kappa shape index (κ2) is 53.0. The molecule has 0 aliphatic carbocycles. The van der Waals surface area contributed by atoms with Gasteiger partial charge in [0, 0.05) is 0 Å². The molecule has 0 aliphatic rings. The van der Waals surface area contributed by atoms with Gasteiger partial charge in [-0.3, -0.25) is 0 Å². The zero-order chi connectivity index (χ0) is 32.2. The van der Waals surface area contributed by atoms with Crippen LogP contribution in [0.4, 0.5) is 0 Å². The molecule has 0 bridgehead atoms. The minimum absolute atomic E-state index is 0.957. The second-order valence-corrected chi connectivity index (χ2v) is 15.4. The number of rotatable bonds is 34. The van der Waals surface area contributed by atoms with Crippen LogP contribution < -0.4 is 0 Å². The van der Waals surface area contributed by atoms with E-state index in [1.165, 1.54) is 223 Å². The molecule has 0 amide bonds. The molecule has 0 atom stereocenters. The molecule has 0 rings (SSSR count). The van der Waals surface area contributed by atoms with Gasteiger partial charge < -0.3 is 25.3 Å². The van der Waals surface area contributed by atoms with Crippen molar-refractivity contribution in [2.24, 2.45) is 0 Å². The Morgan fingerprint density at radius 2 is 0.419 bits per heavy atom. The van der Waals surface area contributed by atoms with E-state index >= 15 is 0 Å². The summed E-state index contributed by atoms with van der Waals surface area (Å²) in [5.74, 6) is 1.91. The first-order chi connectivity index (χ1) is 21.2. The molecule has 0 saturated heterocycles. The van der Waals surface area contributed by atoms with Crippen LogP contribution in [0.25, 0.3) is 0 Å². The Hall–Kier alpha value is 1.50. The van der Waals surface area contributed by atoms with Gasteiger partial charge in [0.25, 0.3) is 0 Å². The van der Waals surface area contributed by atoms with Gasteiger partial charge in [0.05, 0.1) is 0 Å². The standard InChI is InChI=1S/2C18H38S.C4H9.Sn/c2*1-2-3-4-5-6-7-8-9-10-11-12-13-14-15-16-17-18-19;1-3-4-2;/h2*19H,2-18H2,1H3;1,3-4H2,2H3;/q;;;+2/p-2. The van der Waals surface area contributed by atoms with Gasteiger partial charge in [0.1, 0.15) is 0 Å². The molecule has 0 heterocycles. The zero-order valence-corrected chi connectivity index (χ0v) is 35.0. The van der Waals surface area contributed by atoms with Crippen molar-refractivity contribution in [2.75, 3.05) is 11.5 Å². The maximum absolute atomic E-state index is 4.95. The number of unbranched alkanes of at least 4 members (excludes halogenated alkanes) is 31. The molecule has 0 N–H and O–H groups in total. The summed E-state index contributed by atoms with van der Waals surface area (Å²) in [6.07, 6.45) is 48.7. The summed E-state index contributed by atoms with van der Waals surface area (Å²) in [4.78, 5) is 0. The Morgan fingerprint density at radius 3 is 0.535 bits per heavy atom. The fraction of sp³-hybridized carbons (Fsp3) is 1.00. The van der Waals surface area contributed by atoms with Gasteiger partial charge in [-0.1, -0.05) is 219 Å². The Bertz CT molecular complexity index is 336. The molecule has 0 spiro atoms. The Kier molecular flexibility index (Phi) is 60.3. The molecule has 1 radical (unpaired) electrons. The summed E-state index contributed by atoms with van der Waals surface area (Å²) in [6.45, 7) is 6.81. The third-order valence-corrected chi connectivity index (χ3v) is 10.1. The Labute approximate surface area is 301 Å². The summed E-state index contributed by atoms with van der Waals surface area (Å²) in [7, 11) is 0. The van der Waals surface area contributed by atoms with Crippen LogP contribution in [0.5, 0.6) is 0 Å². The van der Waals surface area contributed by atoms with E-state index in [0.717, 1.165) is 11.5 Å². The van der Waals surface area contributed by atoms with Crippen molar-refractivity contribution in [3.8, 4) is 0 Å². The normalized spacial score (nSPS) is 10.7. The van der Waals surface area contributed by atoms with Crippen LogP contribution >= 0.6 is 0 Å². The molecule has 0 saturated carbocycles. The fourth-order valence-electron chi connectivity index (χ4n) is 5.48. The summed E-state index contributed by atoms with van der Waals surface area (Å²) < 4.78 is 1.43. The molecule has 0 fully saturated rings. The predicted molar refractivity (Wildman–Crippen MR) is 209 cm³/mol. The number of hydrogen-bond acceptors (Lipinski definition) is 2. The molecule has 43 heavy (non-hydrogen) atoms. The van der Waals surface area contributed by atoms with E-state index in [1.54, 1.807) is 22.5 Å². The average Bonchev–Trinajstić information content (AvgIpc) is 3.02. The molecular formula is C40H83S2Sn. The van der Waals surface area contributed by atoms with Crippen molar-refractivity contribution in [1.29, 1.82) is 0 Å². The topological polar surface area (TPSA) is 0 Å². The van der Waals surface area contributed by atoms with E-state index in [0.29, 0.717) is 0 Å². The van der Waals surface area contributed by atoms with Crippen molar-refractivity contribution in [3.05, 3.63) is 0 Å². The minimum atomic E-state index is 0.957. The van der Waals surface area contributed by atoms with Gasteiger partial charge in [-0.2, -0.15) is 11.5 Å². The quantitative estimate of drug-likeness (QED) is 0.0365. The van der Waals surface area contributed by atoms with Crippen LogP contribution in [0, 0.1) is 0 Å². The van der Waals surface area contributed by atoms with Crippen LogP contribution in [0.3, 0.4) is 0 Å². The monoisotopic (exact) mass is 747 g/mol. The molecular weight excluding hydrogens is 663 g/mol. The molecule has 259 valence electrons. The summed E-state index contributed by atoms with van der Waals surface area (Å²) in [5, 5.41) is 0. The summed E-state index contributed by atoms with van der Waals surface area (Å²) in [5.41, 5.74) is 0. The fourth-order valence-corrected chi connectivity index (χ4v) is 6.89. The summed E-state index contributed by atoms with van der Waals surface area (Å²) in [6, 6.07) is 0. The molecule has 0 aromatic rings. The third-order valence-electron chi connectivity index (χ3n) is 8.53. The zero-order valence-electron chi connectivity index (χ0n) is 30.5. The van der Waals surface area contributed by atoms with Crippen LogP contribution in [-0.2, 0) is 25.3 Å². The van der Waals surface area contributed by atoms with Crippen molar-refractivity contribution in [3.63, 3.8) is 0 Å². The third kappa shape index (κ3) is 59.4. The van der Waals surface area contributed by atoms with Crippen molar-refractivity contribution in [1.82, 2.24) is 0 Å². The van der Waals surface area contributed by atoms with Crippen LogP contribution in [0.1, 0.15) is 239 Å². The first kappa shape index (κ1) is 48.9. The van der Waals surface area contributed by atoms with E-state index in [-0.39, 0.29) is 0 Å². The molecule has 0 nitrogen and oxygen atoms in total. The van der Waals surface area contributed by atoms with Crippen molar-refractivity contribution >= 4 is 47.8 Å². The molecule has 0 aromatic heterocycles. The van der Waals surface area contributed by atoms with E-state index in [9.17, 15) is 0 Å². The molecule has 0 aliphatic heterocycles. The molecule has 0 aromatic carbocycles. The SMILES string of the molecule is CCCCCCCCCCCCCCCCCC[S-].CCCCCCCCCCCCCCCCCC[S-].CCC[CH2][Sn+2]. The molecule has 3 heteroatoms. The van der Waals surface area contributed by atoms with Gasteiger partial charge in [0.2, 0.25) is 0 Å². The van der Waals surface area contributed by atoms with E-state index in [4.69, 9.17) is 25.3 Å².